The van der Waals surface area contributed by atoms with Crippen LogP contribution in [0.1, 0.15) is 82.3 Å². The Morgan fingerprint density at radius 1 is 0.889 bits per heavy atom. The second-order valence-corrected chi connectivity index (χ2v) is 8.17. The van der Waals surface area contributed by atoms with Gasteiger partial charge in [0.05, 0.1) is 6.07 Å². The zero-order valence-corrected chi connectivity index (χ0v) is 17.2. The van der Waals surface area contributed by atoms with Gasteiger partial charge in [-0.3, -0.25) is 0 Å². The molecule has 1 aromatic carbocycles. The molecule has 1 nitrogen and oxygen atoms in total. The molecule has 2 rings (SSSR count). The summed E-state index contributed by atoms with van der Waals surface area (Å²) in [6.07, 6.45) is 23.7. The zero-order valence-electron chi connectivity index (χ0n) is 17.2. The minimum absolute atomic E-state index is 0.709. The zero-order chi connectivity index (χ0) is 19.2. The van der Waals surface area contributed by atoms with E-state index in [4.69, 9.17) is 5.26 Å². The predicted octanol–water partition coefficient (Wildman–Crippen LogP) is 7.57. The van der Waals surface area contributed by atoms with Crippen LogP contribution in [-0.2, 0) is 12.8 Å². The lowest BCUT2D eigenvalue weighted by Gasteiger charge is -2.26. The van der Waals surface area contributed by atoms with Gasteiger partial charge >= 0.3 is 0 Å². The van der Waals surface area contributed by atoms with Crippen LogP contribution in [0.5, 0.6) is 0 Å². The molecule has 0 aliphatic heterocycles. The average molecular weight is 364 g/mol. The number of nitrogens with zero attached hydrogens (tertiary/aromatic N) is 1. The van der Waals surface area contributed by atoms with Crippen LogP contribution in [0.4, 0.5) is 0 Å². The molecule has 0 bridgehead atoms. The highest BCUT2D eigenvalue weighted by Gasteiger charge is 2.19. The summed E-state index contributed by atoms with van der Waals surface area (Å²) < 4.78 is 0. The average Bonchev–Trinajstić information content (AvgIpc) is 2.71. The van der Waals surface area contributed by atoms with Crippen LogP contribution in [0.25, 0.3) is 0 Å². The van der Waals surface area contributed by atoms with E-state index in [9.17, 15) is 0 Å². The van der Waals surface area contributed by atoms with Crippen molar-refractivity contribution in [2.24, 2.45) is 11.8 Å². The van der Waals surface area contributed by atoms with Gasteiger partial charge in [-0.25, -0.2) is 0 Å². The summed E-state index contributed by atoms with van der Waals surface area (Å²) in [4.78, 5) is 0. The normalized spacial score (nSPS) is 20.3. The van der Waals surface area contributed by atoms with Gasteiger partial charge in [0, 0.05) is 6.08 Å². The lowest BCUT2D eigenvalue weighted by molar-refractivity contribution is 0.296. The highest BCUT2D eigenvalue weighted by Crippen LogP contribution is 2.32. The number of nitriles is 1. The molecule has 1 fully saturated rings. The van der Waals surface area contributed by atoms with E-state index in [0.717, 1.165) is 5.92 Å². The molecule has 0 unspecified atom stereocenters. The SMILES string of the molecule is CCCCCCCc1ccc(CCC2CCC(/C=C/C=C/C#N)CC2)cc1. The fourth-order valence-corrected chi connectivity index (χ4v) is 4.17. The molecule has 1 aliphatic rings. The molecule has 0 aromatic heterocycles. The van der Waals surface area contributed by atoms with Crippen LogP contribution in [-0.4, -0.2) is 0 Å². The third-order valence-electron chi connectivity index (χ3n) is 5.99. The summed E-state index contributed by atoms with van der Waals surface area (Å²) in [5.41, 5.74) is 3.02. The molecule has 0 N–H and O–H groups in total. The molecule has 0 heterocycles. The van der Waals surface area contributed by atoms with Gasteiger partial charge in [-0.15, -0.1) is 0 Å². The third-order valence-corrected chi connectivity index (χ3v) is 5.99. The molecule has 1 heteroatoms. The molecule has 1 saturated carbocycles. The number of hydrogen-bond acceptors (Lipinski definition) is 1. The summed E-state index contributed by atoms with van der Waals surface area (Å²) in [5, 5.41) is 8.50. The Labute approximate surface area is 167 Å². The molecule has 0 radical (unpaired) electrons. The van der Waals surface area contributed by atoms with Crippen molar-refractivity contribution in [3.8, 4) is 6.07 Å². The molecule has 146 valence electrons. The van der Waals surface area contributed by atoms with E-state index < -0.39 is 0 Å². The van der Waals surface area contributed by atoms with E-state index in [1.54, 1.807) is 6.08 Å². The van der Waals surface area contributed by atoms with Gasteiger partial charge in [0.15, 0.2) is 0 Å². The first-order chi connectivity index (χ1) is 13.3. The standard InChI is InChI=1S/C26H37N/c1-2-3-4-5-7-10-23-12-16-25(17-13-23)20-21-26-18-14-24(15-19-26)11-8-6-9-22-27/h6,8-9,11-13,16-17,24,26H,2-5,7,10,14-15,18-21H2,1H3/b9-6+,11-8+. The van der Waals surface area contributed by atoms with Crippen molar-refractivity contribution in [1.29, 1.82) is 5.26 Å². The number of rotatable bonds is 11. The maximum absolute atomic E-state index is 8.50. The summed E-state index contributed by atoms with van der Waals surface area (Å²) in [6, 6.07) is 11.5. The summed E-state index contributed by atoms with van der Waals surface area (Å²) >= 11 is 0. The largest absolute Gasteiger partial charge is 0.193 e. The van der Waals surface area contributed by atoms with Gasteiger partial charge in [0.1, 0.15) is 0 Å². The Bertz CT molecular complexity index is 594. The van der Waals surface area contributed by atoms with Gasteiger partial charge in [0.25, 0.3) is 0 Å². The van der Waals surface area contributed by atoms with Crippen molar-refractivity contribution in [3.63, 3.8) is 0 Å². The Kier molecular flexibility index (Phi) is 10.6. The van der Waals surface area contributed by atoms with Crippen LogP contribution in [0, 0.1) is 23.2 Å². The molecule has 27 heavy (non-hydrogen) atoms. The quantitative estimate of drug-likeness (QED) is 0.226. The summed E-state index contributed by atoms with van der Waals surface area (Å²) in [5.74, 6) is 1.60. The summed E-state index contributed by atoms with van der Waals surface area (Å²) in [7, 11) is 0. The molecule has 0 saturated heterocycles. The number of allylic oxidation sites excluding steroid dienone is 4. The number of aryl methyl sites for hydroxylation is 2. The van der Waals surface area contributed by atoms with Crippen molar-refractivity contribution in [2.75, 3.05) is 0 Å². The highest BCUT2D eigenvalue weighted by atomic mass is 14.2. The van der Waals surface area contributed by atoms with Gasteiger partial charge in [-0.1, -0.05) is 75.1 Å². The van der Waals surface area contributed by atoms with Crippen molar-refractivity contribution in [2.45, 2.75) is 84.0 Å². The van der Waals surface area contributed by atoms with Crippen molar-refractivity contribution >= 4 is 0 Å². The van der Waals surface area contributed by atoms with Gasteiger partial charge in [0.2, 0.25) is 0 Å². The Balaban J connectivity index is 1.62. The van der Waals surface area contributed by atoms with E-state index >= 15 is 0 Å². The molecule has 0 atom stereocenters. The smallest absolute Gasteiger partial charge is 0.0912 e. The molecular weight excluding hydrogens is 326 g/mol. The predicted molar refractivity (Wildman–Crippen MR) is 117 cm³/mol. The number of benzene rings is 1. The van der Waals surface area contributed by atoms with Crippen LogP contribution < -0.4 is 0 Å². The lowest BCUT2D eigenvalue weighted by atomic mass is 9.79. The van der Waals surface area contributed by atoms with E-state index in [1.807, 2.05) is 18.2 Å². The van der Waals surface area contributed by atoms with Gasteiger partial charge < -0.3 is 0 Å². The van der Waals surface area contributed by atoms with Crippen molar-refractivity contribution < 1.29 is 0 Å². The Morgan fingerprint density at radius 3 is 2.22 bits per heavy atom. The van der Waals surface area contributed by atoms with Crippen molar-refractivity contribution in [3.05, 3.63) is 59.7 Å². The number of hydrogen-bond donors (Lipinski definition) is 0. The van der Waals surface area contributed by atoms with Gasteiger partial charge in [-0.05, 0) is 74.3 Å². The summed E-state index contributed by atoms with van der Waals surface area (Å²) in [6.45, 7) is 2.28. The maximum atomic E-state index is 8.50. The molecule has 0 spiro atoms. The minimum atomic E-state index is 0.709. The first kappa shape index (κ1) is 21.5. The van der Waals surface area contributed by atoms with Crippen molar-refractivity contribution in [1.82, 2.24) is 0 Å². The van der Waals surface area contributed by atoms with E-state index in [1.165, 1.54) is 88.2 Å². The number of unbranched alkanes of at least 4 members (excludes halogenated alkanes) is 4. The molecule has 1 aromatic rings. The Hall–Kier alpha value is -1.81. The lowest BCUT2D eigenvalue weighted by Crippen LogP contribution is -2.13. The molecule has 1 aliphatic carbocycles. The second-order valence-electron chi connectivity index (χ2n) is 8.17. The highest BCUT2D eigenvalue weighted by molar-refractivity contribution is 5.22. The maximum Gasteiger partial charge on any atom is 0.0912 e. The monoisotopic (exact) mass is 363 g/mol. The third kappa shape index (κ3) is 9.09. The fourth-order valence-electron chi connectivity index (χ4n) is 4.17. The van der Waals surface area contributed by atoms with E-state index in [2.05, 4.69) is 37.3 Å². The van der Waals surface area contributed by atoms with Gasteiger partial charge in [-0.2, -0.15) is 5.26 Å². The first-order valence-corrected chi connectivity index (χ1v) is 11.1. The molecule has 0 amide bonds. The van der Waals surface area contributed by atoms with Crippen LogP contribution in [0.15, 0.2) is 48.6 Å². The van der Waals surface area contributed by atoms with Crippen LogP contribution >= 0.6 is 0 Å². The Morgan fingerprint density at radius 2 is 1.56 bits per heavy atom. The fraction of sp³-hybridized carbons (Fsp3) is 0.577. The van der Waals surface area contributed by atoms with Crippen LogP contribution in [0.3, 0.4) is 0 Å². The topological polar surface area (TPSA) is 23.8 Å². The molecular formula is C26H37N. The van der Waals surface area contributed by atoms with E-state index in [-0.39, 0.29) is 0 Å². The van der Waals surface area contributed by atoms with E-state index in [0.29, 0.717) is 5.92 Å². The minimum Gasteiger partial charge on any atom is -0.193 e. The first-order valence-electron chi connectivity index (χ1n) is 11.1. The van der Waals surface area contributed by atoms with Crippen LogP contribution in [0.2, 0.25) is 0 Å². The second kappa shape index (κ2) is 13.4.